The van der Waals surface area contributed by atoms with Crippen molar-refractivity contribution in [2.45, 2.75) is 5.03 Å². The van der Waals surface area contributed by atoms with Gasteiger partial charge in [0, 0.05) is 6.20 Å². The fourth-order valence-electron chi connectivity index (χ4n) is 1.39. The van der Waals surface area contributed by atoms with E-state index in [4.69, 9.17) is 17.3 Å². The minimum Gasteiger partial charge on any atom is -0.396 e. The van der Waals surface area contributed by atoms with Gasteiger partial charge in [-0.25, -0.2) is 9.37 Å². The predicted octanol–water partition coefficient (Wildman–Crippen LogP) is 2.26. The highest BCUT2D eigenvalue weighted by Gasteiger charge is 2.20. The maximum absolute atomic E-state index is 12.9. The standard InChI is InChI=1S/C11H9ClFN3O2S/c12-8-6-7(13)3-4-10(8)16-19(17,18)11-9(14)2-1-5-15-11/h1-6,16H,14H2. The Morgan fingerprint density at radius 1 is 1.32 bits per heavy atom. The van der Waals surface area contributed by atoms with Crippen LogP contribution in [0.3, 0.4) is 0 Å². The number of halogens is 2. The molecule has 0 saturated heterocycles. The first-order valence-electron chi connectivity index (χ1n) is 5.08. The number of hydrogen-bond acceptors (Lipinski definition) is 4. The molecule has 2 rings (SSSR count). The molecule has 19 heavy (non-hydrogen) atoms. The number of nitrogens with zero attached hydrogens (tertiary/aromatic N) is 1. The summed E-state index contributed by atoms with van der Waals surface area (Å²) < 4.78 is 39.2. The summed E-state index contributed by atoms with van der Waals surface area (Å²) in [5.41, 5.74) is 5.60. The summed E-state index contributed by atoms with van der Waals surface area (Å²) in [5.74, 6) is -0.565. The van der Waals surface area contributed by atoms with Crippen LogP contribution >= 0.6 is 11.6 Å². The second-order valence-corrected chi connectivity index (χ2v) is 5.63. The van der Waals surface area contributed by atoms with E-state index < -0.39 is 15.8 Å². The van der Waals surface area contributed by atoms with E-state index in [0.717, 1.165) is 12.1 Å². The molecule has 0 bridgehead atoms. The molecule has 1 heterocycles. The Morgan fingerprint density at radius 2 is 2.05 bits per heavy atom. The summed E-state index contributed by atoms with van der Waals surface area (Å²) in [5, 5.41) is -0.367. The highest BCUT2D eigenvalue weighted by atomic mass is 35.5. The lowest BCUT2D eigenvalue weighted by Gasteiger charge is -2.10. The van der Waals surface area contributed by atoms with Gasteiger partial charge in [-0.05, 0) is 30.3 Å². The van der Waals surface area contributed by atoms with Crippen LogP contribution in [0.4, 0.5) is 15.8 Å². The first-order valence-corrected chi connectivity index (χ1v) is 6.94. The molecule has 0 unspecified atom stereocenters. The largest absolute Gasteiger partial charge is 0.396 e. The van der Waals surface area contributed by atoms with Crippen molar-refractivity contribution in [2.75, 3.05) is 10.5 Å². The van der Waals surface area contributed by atoms with Crippen molar-refractivity contribution < 1.29 is 12.8 Å². The van der Waals surface area contributed by atoms with Crippen molar-refractivity contribution in [3.8, 4) is 0 Å². The zero-order chi connectivity index (χ0) is 14.0. The van der Waals surface area contributed by atoms with Gasteiger partial charge in [0.2, 0.25) is 0 Å². The Labute approximate surface area is 114 Å². The van der Waals surface area contributed by atoms with Crippen LogP contribution in [-0.2, 0) is 10.0 Å². The lowest BCUT2D eigenvalue weighted by molar-refractivity contribution is 0.598. The molecule has 1 aromatic heterocycles. The molecule has 0 atom stereocenters. The summed E-state index contributed by atoms with van der Waals surface area (Å²) in [4.78, 5) is 3.70. The SMILES string of the molecule is Nc1cccnc1S(=O)(=O)Nc1ccc(F)cc1Cl. The van der Waals surface area contributed by atoms with E-state index in [1.54, 1.807) is 0 Å². The van der Waals surface area contributed by atoms with E-state index in [2.05, 4.69) is 9.71 Å². The van der Waals surface area contributed by atoms with Gasteiger partial charge in [-0.15, -0.1) is 0 Å². The topological polar surface area (TPSA) is 85.1 Å². The predicted molar refractivity (Wildman–Crippen MR) is 70.9 cm³/mol. The van der Waals surface area contributed by atoms with E-state index in [-0.39, 0.29) is 21.4 Å². The van der Waals surface area contributed by atoms with Crippen molar-refractivity contribution in [1.82, 2.24) is 4.98 Å². The Hall–Kier alpha value is -1.86. The Bertz CT molecular complexity index is 722. The fourth-order valence-corrected chi connectivity index (χ4v) is 2.81. The van der Waals surface area contributed by atoms with Gasteiger partial charge in [0.15, 0.2) is 5.03 Å². The molecule has 0 aliphatic carbocycles. The van der Waals surface area contributed by atoms with Gasteiger partial charge in [-0.3, -0.25) is 4.72 Å². The van der Waals surface area contributed by atoms with Gasteiger partial charge in [0.05, 0.1) is 16.4 Å². The molecule has 3 N–H and O–H groups in total. The maximum atomic E-state index is 12.9. The molecule has 2 aromatic rings. The average molecular weight is 302 g/mol. The number of aromatic nitrogens is 1. The van der Waals surface area contributed by atoms with Crippen LogP contribution in [0.2, 0.25) is 5.02 Å². The Balaban J connectivity index is 2.40. The fraction of sp³-hybridized carbons (Fsp3) is 0. The van der Waals surface area contributed by atoms with Crippen LogP contribution in [0, 0.1) is 5.82 Å². The number of hydrogen-bond donors (Lipinski definition) is 2. The highest BCUT2D eigenvalue weighted by Crippen LogP contribution is 2.26. The number of anilines is 2. The van der Waals surface area contributed by atoms with Crippen molar-refractivity contribution in [2.24, 2.45) is 0 Å². The lowest BCUT2D eigenvalue weighted by Crippen LogP contribution is -2.16. The Kier molecular flexibility index (Phi) is 3.59. The smallest absolute Gasteiger partial charge is 0.281 e. The third kappa shape index (κ3) is 2.94. The molecule has 5 nitrogen and oxygen atoms in total. The number of nitrogens with two attached hydrogens (primary N) is 1. The van der Waals surface area contributed by atoms with Gasteiger partial charge >= 0.3 is 0 Å². The zero-order valence-corrected chi connectivity index (χ0v) is 11.0. The van der Waals surface area contributed by atoms with Crippen LogP contribution in [0.5, 0.6) is 0 Å². The van der Waals surface area contributed by atoms with Crippen LogP contribution in [0.15, 0.2) is 41.6 Å². The molecule has 8 heteroatoms. The summed E-state index contributed by atoms with van der Waals surface area (Å²) in [6.07, 6.45) is 1.30. The normalized spacial score (nSPS) is 11.3. The third-order valence-electron chi connectivity index (χ3n) is 2.23. The highest BCUT2D eigenvalue weighted by molar-refractivity contribution is 7.92. The molecule has 0 spiro atoms. The molecule has 0 amide bonds. The first kappa shape index (κ1) is 13.6. The van der Waals surface area contributed by atoms with Gasteiger partial charge in [0.1, 0.15) is 5.82 Å². The average Bonchev–Trinajstić information content (AvgIpc) is 2.33. The molecule has 0 radical (unpaired) electrons. The molecule has 1 aromatic carbocycles. The third-order valence-corrected chi connectivity index (χ3v) is 3.88. The van der Waals surface area contributed by atoms with Crippen LogP contribution in [0.1, 0.15) is 0 Å². The van der Waals surface area contributed by atoms with Gasteiger partial charge in [-0.1, -0.05) is 11.6 Å². The summed E-state index contributed by atoms with van der Waals surface area (Å²) in [6, 6.07) is 6.23. The van der Waals surface area contributed by atoms with E-state index in [1.165, 1.54) is 24.4 Å². The summed E-state index contributed by atoms with van der Waals surface area (Å²) in [7, 11) is -3.97. The second-order valence-electron chi connectivity index (χ2n) is 3.63. The number of nitrogens with one attached hydrogen (secondary N) is 1. The first-order chi connectivity index (χ1) is 8.90. The number of rotatable bonds is 3. The van der Waals surface area contributed by atoms with Crippen molar-refractivity contribution in [3.63, 3.8) is 0 Å². The van der Waals surface area contributed by atoms with Gasteiger partial charge < -0.3 is 5.73 Å². The minimum atomic E-state index is -3.97. The van der Waals surface area contributed by atoms with Crippen LogP contribution < -0.4 is 10.5 Å². The quantitative estimate of drug-likeness (QED) is 0.910. The molecule has 0 aliphatic heterocycles. The van der Waals surface area contributed by atoms with Crippen molar-refractivity contribution >= 4 is 33.0 Å². The minimum absolute atomic E-state index is 0.00762. The summed E-state index contributed by atoms with van der Waals surface area (Å²) in [6.45, 7) is 0. The number of nitrogen functional groups attached to an aromatic ring is 1. The summed E-state index contributed by atoms with van der Waals surface area (Å²) >= 11 is 5.74. The van der Waals surface area contributed by atoms with Crippen molar-refractivity contribution in [1.29, 1.82) is 0 Å². The van der Waals surface area contributed by atoms with Crippen LogP contribution in [-0.4, -0.2) is 13.4 Å². The van der Waals surface area contributed by atoms with E-state index >= 15 is 0 Å². The maximum Gasteiger partial charge on any atom is 0.281 e. The number of sulfonamides is 1. The second kappa shape index (κ2) is 5.02. The molecule has 0 fully saturated rings. The Morgan fingerprint density at radius 3 is 2.68 bits per heavy atom. The lowest BCUT2D eigenvalue weighted by atomic mass is 10.3. The van der Waals surface area contributed by atoms with Gasteiger partial charge in [-0.2, -0.15) is 8.42 Å². The monoisotopic (exact) mass is 301 g/mol. The zero-order valence-electron chi connectivity index (χ0n) is 9.47. The number of benzene rings is 1. The molecule has 100 valence electrons. The molecule has 0 aliphatic rings. The van der Waals surface area contributed by atoms with E-state index in [1.807, 2.05) is 0 Å². The van der Waals surface area contributed by atoms with Gasteiger partial charge in [0.25, 0.3) is 10.0 Å². The van der Waals surface area contributed by atoms with E-state index in [9.17, 15) is 12.8 Å². The molecular weight excluding hydrogens is 293 g/mol. The molecule has 0 saturated carbocycles. The van der Waals surface area contributed by atoms with Crippen molar-refractivity contribution in [3.05, 3.63) is 47.4 Å². The van der Waals surface area contributed by atoms with E-state index in [0.29, 0.717) is 0 Å². The van der Waals surface area contributed by atoms with Crippen LogP contribution in [0.25, 0.3) is 0 Å². The molecular formula is C11H9ClFN3O2S. The number of pyridine rings is 1.